The zero-order valence-electron chi connectivity index (χ0n) is 19.4. The maximum Gasteiger partial charge on any atom is 0.163 e. The van der Waals surface area contributed by atoms with Crippen LogP contribution in [0.2, 0.25) is 0 Å². The summed E-state index contributed by atoms with van der Waals surface area (Å²) in [5.74, 6) is -1.60. The van der Waals surface area contributed by atoms with Gasteiger partial charge in [0.2, 0.25) is 0 Å². The van der Waals surface area contributed by atoms with Gasteiger partial charge in [-0.25, -0.2) is 4.39 Å². The fourth-order valence-electron chi connectivity index (χ4n) is 4.96. The minimum absolute atomic E-state index is 0.0177. The zero-order chi connectivity index (χ0) is 24.1. The van der Waals surface area contributed by atoms with Crippen molar-refractivity contribution >= 4 is 22.9 Å². The Bertz CT molecular complexity index is 1130. The molecule has 174 valence electrons. The van der Waals surface area contributed by atoms with Crippen molar-refractivity contribution < 1.29 is 24.2 Å². The number of allylic oxidation sites excluding steroid dienone is 4. The van der Waals surface area contributed by atoms with Crippen LogP contribution < -0.4 is 0 Å². The number of Topliss-reactive ketones (excluding diaryl/α,β-unsaturated/α-hetero) is 2. The second-order valence-electron chi connectivity index (χ2n) is 10.7. The molecule has 0 saturated heterocycles. The van der Waals surface area contributed by atoms with Crippen LogP contribution in [0.15, 0.2) is 59.1 Å². The normalized spacial score (nSPS) is 20.7. The predicted molar refractivity (Wildman–Crippen MR) is 128 cm³/mol. The van der Waals surface area contributed by atoms with Crippen molar-refractivity contribution in [3.05, 3.63) is 69.8 Å². The SMILES string of the molecule is CC1(C)CC(=O)C(C(C2=C(O)CC(C)(C)CC2=O)c2ccc(-c3ccc(F)cc3)s2)=C(O)C1. The van der Waals surface area contributed by atoms with Crippen molar-refractivity contribution in [2.24, 2.45) is 10.8 Å². The molecule has 0 fully saturated rings. The number of ketones is 2. The lowest BCUT2D eigenvalue weighted by molar-refractivity contribution is -0.119. The molecule has 4 rings (SSSR count). The summed E-state index contributed by atoms with van der Waals surface area (Å²) >= 11 is 1.38. The fraction of sp³-hybridized carbons (Fsp3) is 0.407. The number of hydrogen-bond acceptors (Lipinski definition) is 5. The number of aliphatic hydroxyl groups excluding tert-OH is 2. The Morgan fingerprint density at radius 2 is 1.27 bits per heavy atom. The zero-order valence-corrected chi connectivity index (χ0v) is 20.2. The van der Waals surface area contributed by atoms with E-state index in [0.717, 1.165) is 10.4 Å². The molecule has 2 N–H and O–H groups in total. The highest BCUT2D eigenvalue weighted by Gasteiger charge is 2.44. The highest BCUT2D eigenvalue weighted by Crippen LogP contribution is 2.49. The molecule has 0 aliphatic heterocycles. The molecule has 0 saturated carbocycles. The smallest absolute Gasteiger partial charge is 0.163 e. The van der Waals surface area contributed by atoms with Gasteiger partial charge < -0.3 is 10.2 Å². The molecule has 0 atom stereocenters. The first-order valence-electron chi connectivity index (χ1n) is 11.1. The van der Waals surface area contributed by atoms with Crippen molar-refractivity contribution in [3.63, 3.8) is 0 Å². The predicted octanol–water partition coefficient (Wildman–Crippen LogP) is 7.04. The van der Waals surface area contributed by atoms with Gasteiger partial charge in [-0.3, -0.25) is 9.59 Å². The van der Waals surface area contributed by atoms with Crippen molar-refractivity contribution in [2.75, 3.05) is 0 Å². The molecule has 1 aromatic carbocycles. The molecule has 0 spiro atoms. The van der Waals surface area contributed by atoms with E-state index >= 15 is 0 Å². The average Bonchev–Trinajstić information content (AvgIpc) is 3.14. The van der Waals surface area contributed by atoms with Crippen LogP contribution in [0.4, 0.5) is 4.39 Å². The van der Waals surface area contributed by atoms with Gasteiger partial charge >= 0.3 is 0 Å². The van der Waals surface area contributed by atoms with E-state index in [-0.39, 0.29) is 63.7 Å². The summed E-state index contributed by atoms with van der Waals surface area (Å²) in [6.07, 6.45) is 1.17. The average molecular weight is 469 g/mol. The molecular weight excluding hydrogens is 439 g/mol. The number of carbonyl (C=O) groups is 2. The van der Waals surface area contributed by atoms with Crippen LogP contribution in [0.5, 0.6) is 0 Å². The second kappa shape index (κ2) is 8.24. The van der Waals surface area contributed by atoms with E-state index in [4.69, 9.17) is 0 Å². The lowest BCUT2D eigenvalue weighted by Crippen LogP contribution is -2.33. The summed E-state index contributed by atoms with van der Waals surface area (Å²) in [5, 5.41) is 21.9. The monoisotopic (exact) mass is 468 g/mol. The number of benzene rings is 1. The van der Waals surface area contributed by atoms with Crippen molar-refractivity contribution in [1.82, 2.24) is 0 Å². The standard InChI is InChI=1S/C27H29FO4S/c1-26(2)11-17(29)23(18(30)12-26)25(24-19(31)13-27(3,4)14-20(24)32)22-10-9-21(33-22)15-5-7-16(28)8-6-15/h5-10,25,29,31H,11-14H2,1-4H3. The molecule has 33 heavy (non-hydrogen) atoms. The lowest BCUT2D eigenvalue weighted by atomic mass is 9.68. The summed E-state index contributed by atoms with van der Waals surface area (Å²) < 4.78 is 13.4. The first-order chi connectivity index (χ1) is 15.4. The van der Waals surface area contributed by atoms with Crippen LogP contribution in [0, 0.1) is 16.6 Å². The molecule has 0 amide bonds. The van der Waals surface area contributed by atoms with Crippen LogP contribution in [-0.4, -0.2) is 21.8 Å². The summed E-state index contributed by atoms with van der Waals surface area (Å²) in [5.41, 5.74) is 0.473. The fourth-order valence-corrected chi connectivity index (χ4v) is 6.10. The number of halogens is 1. The van der Waals surface area contributed by atoms with Gasteiger partial charge in [0, 0.05) is 46.6 Å². The van der Waals surface area contributed by atoms with E-state index in [1.54, 1.807) is 12.1 Å². The van der Waals surface area contributed by atoms with Crippen LogP contribution >= 0.6 is 11.3 Å². The van der Waals surface area contributed by atoms with Gasteiger partial charge in [-0.2, -0.15) is 0 Å². The van der Waals surface area contributed by atoms with Gasteiger partial charge in [0.1, 0.15) is 17.3 Å². The van der Waals surface area contributed by atoms with Crippen molar-refractivity contribution in [1.29, 1.82) is 0 Å². The van der Waals surface area contributed by atoms with Crippen molar-refractivity contribution in [3.8, 4) is 10.4 Å². The quantitative estimate of drug-likeness (QED) is 0.505. The summed E-state index contributed by atoms with van der Waals surface area (Å²) in [7, 11) is 0. The maximum absolute atomic E-state index is 13.4. The summed E-state index contributed by atoms with van der Waals surface area (Å²) in [4.78, 5) is 28.1. The highest BCUT2D eigenvalue weighted by atomic mass is 32.1. The number of thiophene rings is 1. The second-order valence-corrected chi connectivity index (χ2v) is 11.9. The number of aliphatic hydroxyl groups is 2. The van der Waals surface area contributed by atoms with E-state index in [1.807, 2.05) is 39.8 Å². The molecule has 0 unspecified atom stereocenters. The molecule has 4 nitrogen and oxygen atoms in total. The molecule has 2 aliphatic rings. The summed E-state index contributed by atoms with van der Waals surface area (Å²) in [6, 6.07) is 9.81. The van der Waals surface area contributed by atoms with E-state index in [0.29, 0.717) is 17.7 Å². The topological polar surface area (TPSA) is 74.6 Å². The number of rotatable bonds is 4. The molecule has 1 aromatic heterocycles. The third kappa shape index (κ3) is 4.67. The van der Waals surface area contributed by atoms with E-state index in [9.17, 15) is 24.2 Å². The number of hydrogen-bond donors (Lipinski definition) is 2. The lowest BCUT2D eigenvalue weighted by Gasteiger charge is -2.36. The van der Waals surface area contributed by atoms with Gasteiger partial charge in [0.25, 0.3) is 0 Å². The molecule has 0 radical (unpaired) electrons. The Kier molecular flexibility index (Phi) is 5.85. The Labute approximate surface area is 197 Å². The third-order valence-electron chi connectivity index (χ3n) is 6.41. The molecule has 2 aromatic rings. The van der Waals surface area contributed by atoms with Crippen LogP contribution in [0.1, 0.15) is 64.2 Å². The maximum atomic E-state index is 13.4. The van der Waals surface area contributed by atoms with Gasteiger partial charge in [0.15, 0.2) is 11.6 Å². The summed E-state index contributed by atoms with van der Waals surface area (Å²) in [6.45, 7) is 7.71. The van der Waals surface area contributed by atoms with Crippen LogP contribution in [0.25, 0.3) is 10.4 Å². The van der Waals surface area contributed by atoms with Crippen molar-refractivity contribution in [2.45, 2.75) is 59.3 Å². The number of carbonyl (C=O) groups excluding carboxylic acids is 2. The third-order valence-corrected chi connectivity index (χ3v) is 7.61. The van der Waals surface area contributed by atoms with E-state index < -0.39 is 5.92 Å². The Morgan fingerprint density at radius 1 is 0.788 bits per heavy atom. The van der Waals surface area contributed by atoms with Crippen LogP contribution in [-0.2, 0) is 9.59 Å². The van der Waals surface area contributed by atoms with E-state index in [2.05, 4.69) is 0 Å². The largest absolute Gasteiger partial charge is 0.512 e. The van der Waals surface area contributed by atoms with Gasteiger partial charge in [-0.05, 0) is 40.7 Å². The Hall–Kier alpha value is -2.73. The van der Waals surface area contributed by atoms with Gasteiger partial charge in [0.05, 0.1) is 5.92 Å². The molecule has 6 heteroatoms. The van der Waals surface area contributed by atoms with Crippen LogP contribution in [0.3, 0.4) is 0 Å². The highest BCUT2D eigenvalue weighted by molar-refractivity contribution is 7.15. The Balaban J connectivity index is 1.87. The first kappa shape index (κ1) is 23.4. The van der Waals surface area contributed by atoms with Gasteiger partial charge in [-0.1, -0.05) is 39.8 Å². The molecule has 2 aliphatic carbocycles. The first-order valence-corrected chi connectivity index (χ1v) is 11.9. The molecular formula is C27H29FO4S. The Morgan fingerprint density at radius 3 is 1.73 bits per heavy atom. The van der Waals surface area contributed by atoms with Gasteiger partial charge in [-0.15, -0.1) is 11.3 Å². The molecule has 1 heterocycles. The minimum Gasteiger partial charge on any atom is -0.512 e. The molecule has 0 bridgehead atoms. The minimum atomic E-state index is -0.823. The van der Waals surface area contributed by atoms with E-state index in [1.165, 1.54) is 23.5 Å².